The molecule has 0 bridgehead atoms. The molecule has 3 aromatic rings. The number of para-hydroxylation sites is 1. The molecule has 5 heteroatoms. The third-order valence-electron chi connectivity index (χ3n) is 3.10. The zero-order chi connectivity index (χ0) is 14.1. The van der Waals surface area contributed by atoms with Gasteiger partial charge in [0.25, 0.3) is 0 Å². The van der Waals surface area contributed by atoms with Crippen molar-refractivity contribution >= 4 is 33.2 Å². The Morgan fingerprint density at radius 1 is 1.20 bits per heavy atom. The number of rotatable bonds is 3. The van der Waals surface area contributed by atoms with E-state index in [9.17, 15) is 4.39 Å². The predicted molar refractivity (Wildman–Crippen MR) is 81.7 cm³/mol. The van der Waals surface area contributed by atoms with Gasteiger partial charge < -0.3 is 5.73 Å². The van der Waals surface area contributed by atoms with E-state index in [0.29, 0.717) is 17.0 Å². The number of benzene rings is 2. The van der Waals surface area contributed by atoms with Crippen LogP contribution in [0.2, 0.25) is 5.02 Å². The molecule has 2 N–H and O–H groups in total. The van der Waals surface area contributed by atoms with Gasteiger partial charge in [0.05, 0.1) is 15.2 Å². The Labute approximate surface area is 125 Å². The van der Waals surface area contributed by atoms with Gasteiger partial charge in [-0.1, -0.05) is 29.8 Å². The molecule has 0 amide bonds. The lowest BCUT2D eigenvalue weighted by Crippen LogP contribution is -2.15. The summed E-state index contributed by atoms with van der Waals surface area (Å²) in [5.41, 5.74) is 7.39. The lowest BCUT2D eigenvalue weighted by molar-refractivity contribution is 0.580. The van der Waals surface area contributed by atoms with Crippen molar-refractivity contribution in [1.82, 2.24) is 4.98 Å². The standard InChI is InChI=1S/C15H12ClFN2S/c16-9-4-3-5-10(17)15(9)11(18)8-14-19-12-6-1-2-7-13(12)20-14/h1-7,11H,8,18H2. The van der Waals surface area contributed by atoms with Gasteiger partial charge in [0.1, 0.15) is 5.82 Å². The van der Waals surface area contributed by atoms with Crippen LogP contribution in [0.3, 0.4) is 0 Å². The first-order chi connectivity index (χ1) is 9.65. The van der Waals surface area contributed by atoms with Crippen LogP contribution in [0.15, 0.2) is 42.5 Å². The molecule has 0 aliphatic rings. The minimum absolute atomic E-state index is 0.355. The Morgan fingerprint density at radius 3 is 2.75 bits per heavy atom. The average molecular weight is 307 g/mol. The van der Waals surface area contributed by atoms with Crippen LogP contribution in [0.1, 0.15) is 16.6 Å². The smallest absolute Gasteiger partial charge is 0.129 e. The van der Waals surface area contributed by atoms with Gasteiger partial charge in [0.2, 0.25) is 0 Å². The minimum Gasteiger partial charge on any atom is -0.323 e. The molecule has 1 atom stereocenters. The van der Waals surface area contributed by atoms with Gasteiger partial charge in [-0.2, -0.15) is 0 Å². The summed E-state index contributed by atoms with van der Waals surface area (Å²) < 4.78 is 14.9. The summed E-state index contributed by atoms with van der Waals surface area (Å²) in [7, 11) is 0. The fraction of sp³-hybridized carbons (Fsp3) is 0.133. The van der Waals surface area contributed by atoms with Crippen LogP contribution in [0.25, 0.3) is 10.2 Å². The van der Waals surface area contributed by atoms with E-state index in [1.54, 1.807) is 23.5 Å². The Morgan fingerprint density at radius 2 is 2.00 bits per heavy atom. The van der Waals surface area contributed by atoms with Gasteiger partial charge in [-0.3, -0.25) is 0 Å². The van der Waals surface area contributed by atoms with Gasteiger partial charge in [0.15, 0.2) is 0 Å². The first-order valence-corrected chi connectivity index (χ1v) is 7.38. The second-order valence-corrected chi connectivity index (χ2v) is 6.04. The molecular weight excluding hydrogens is 295 g/mol. The summed E-state index contributed by atoms with van der Waals surface area (Å²) in [6.45, 7) is 0. The Balaban J connectivity index is 1.90. The Kier molecular flexibility index (Phi) is 3.70. The summed E-state index contributed by atoms with van der Waals surface area (Å²) in [6, 6.07) is 12.0. The lowest BCUT2D eigenvalue weighted by Gasteiger charge is -2.13. The summed E-state index contributed by atoms with van der Waals surface area (Å²) in [4.78, 5) is 4.51. The van der Waals surface area contributed by atoms with E-state index in [1.807, 2.05) is 24.3 Å². The molecule has 102 valence electrons. The maximum atomic E-state index is 13.8. The maximum absolute atomic E-state index is 13.8. The van der Waals surface area contributed by atoms with Crippen molar-refractivity contribution < 1.29 is 4.39 Å². The molecular formula is C15H12ClFN2S. The van der Waals surface area contributed by atoms with E-state index < -0.39 is 6.04 Å². The normalized spacial score (nSPS) is 12.8. The molecule has 2 nitrogen and oxygen atoms in total. The lowest BCUT2D eigenvalue weighted by atomic mass is 10.0. The number of hydrogen-bond acceptors (Lipinski definition) is 3. The largest absolute Gasteiger partial charge is 0.323 e. The molecule has 0 saturated carbocycles. The van der Waals surface area contributed by atoms with Crippen molar-refractivity contribution in [2.75, 3.05) is 0 Å². The minimum atomic E-state index is -0.496. The van der Waals surface area contributed by atoms with Crippen LogP contribution >= 0.6 is 22.9 Å². The zero-order valence-corrected chi connectivity index (χ0v) is 12.1. The second kappa shape index (κ2) is 5.48. The van der Waals surface area contributed by atoms with Crippen LogP contribution < -0.4 is 5.73 Å². The van der Waals surface area contributed by atoms with Crippen molar-refractivity contribution in [1.29, 1.82) is 0 Å². The highest BCUT2D eigenvalue weighted by Gasteiger charge is 2.17. The maximum Gasteiger partial charge on any atom is 0.129 e. The van der Waals surface area contributed by atoms with E-state index >= 15 is 0 Å². The molecule has 1 heterocycles. The molecule has 0 saturated heterocycles. The number of nitrogens with zero attached hydrogens (tertiary/aromatic N) is 1. The number of thiazole rings is 1. The van der Waals surface area contributed by atoms with E-state index in [0.717, 1.165) is 15.2 Å². The molecule has 0 aliphatic heterocycles. The third kappa shape index (κ3) is 2.54. The molecule has 3 rings (SSSR count). The van der Waals surface area contributed by atoms with Gasteiger partial charge in [-0.05, 0) is 24.3 Å². The highest BCUT2D eigenvalue weighted by molar-refractivity contribution is 7.18. The highest BCUT2D eigenvalue weighted by atomic mass is 35.5. The second-order valence-electron chi connectivity index (χ2n) is 4.52. The van der Waals surface area contributed by atoms with Crippen LogP contribution in [0.5, 0.6) is 0 Å². The summed E-state index contributed by atoms with van der Waals surface area (Å²) >= 11 is 7.61. The number of hydrogen-bond donors (Lipinski definition) is 1. The predicted octanol–water partition coefficient (Wildman–Crippen LogP) is 4.33. The summed E-state index contributed by atoms with van der Waals surface area (Å²) in [5, 5.41) is 1.25. The van der Waals surface area contributed by atoms with Crippen molar-refractivity contribution in [3.8, 4) is 0 Å². The number of aromatic nitrogens is 1. The molecule has 1 unspecified atom stereocenters. The molecule has 0 aliphatic carbocycles. The first-order valence-electron chi connectivity index (χ1n) is 6.19. The SMILES string of the molecule is NC(Cc1nc2ccccc2s1)c1c(F)cccc1Cl. The summed E-state index contributed by atoms with van der Waals surface area (Å²) in [6.07, 6.45) is 0.472. The van der Waals surface area contributed by atoms with E-state index in [1.165, 1.54) is 6.07 Å². The monoisotopic (exact) mass is 306 g/mol. The topological polar surface area (TPSA) is 38.9 Å². The molecule has 1 aromatic heterocycles. The van der Waals surface area contributed by atoms with Crippen LogP contribution in [-0.4, -0.2) is 4.98 Å². The summed E-state index contributed by atoms with van der Waals surface area (Å²) in [5.74, 6) is -0.369. The van der Waals surface area contributed by atoms with Gasteiger partial charge >= 0.3 is 0 Å². The van der Waals surface area contributed by atoms with E-state index in [-0.39, 0.29) is 5.82 Å². The number of fused-ring (bicyclic) bond motifs is 1. The van der Waals surface area contributed by atoms with Crippen molar-refractivity contribution in [2.45, 2.75) is 12.5 Å². The molecule has 2 aromatic carbocycles. The van der Waals surface area contributed by atoms with Crippen LogP contribution in [0, 0.1) is 5.82 Å². The average Bonchev–Trinajstić information content (AvgIpc) is 2.80. The third-order valence-corrected chi connectivity index (χ3v) is 4.49. The fourth-order valence-electron chi connectivity index (χ4n) is 2.16. The molecule has 0 spiro atoms. The van der Waals surface area contributed by atoms with Gasteiger partial charge in [-0.25, -0.2) is 9.37 Å². The Bertz CT molecular complexity index is 703. The van der Waals surface area contributed by atoms with Crippen molar-refractivity contribution in [2.24, 2.45) is 5.73 Å². The molecule has 20 heavy (non-hydrogen) atoms. The van der Waals surface area contributed by atoms with Gasteiger partial charge in [0, 0.05) is 23.0 Å². The molecule has 0 fully saturated rings. The quantitative estimate of drug-likeness (QED) is 0.782. The van der Waals surface area contributed by atoms with E-state index in [4.69, 9.17) is 17.3 Å². The van der Waals surface area contributed by atoms with Crippen LogP contribution in [0.4, 0.5) is 4.39 Å². The molecule has 0 radical (unpaired) electrons. The van der Waals surface area contributed by atoms with Crippen molar-refractivity contribution in [3.63, 3.8) is 0 Å². The van der Waals surface area contributed by atoms with Gasteiger partial charge in [-0.15, -0.1) is 11.3 Å². The highest BCUT2D eigenvalue weighted by Crippen LogP contribution is 2.29. The fourth-order valence-corrected chi connectivity index (χ4v) is 3.49. The van der Waals surface area contributed by atoms with Crippen LogP contribution in [-0.2, 0) is 6.42 Å². The number of halogens is 2. The zero-order valence-electron chi connectivity index (χ0n) is 10.5. The first kappa shape index (κ1) is 13.5. The number of nitrogens with two attached hydrogens (primary N) is 1. The Hall–Kier alpha value is -1.49. The van der Waals surface area contributed by atoms with Crippen molar-refractivity contribution in [3.05, 3.63) is 63.9 Å². The van der Waals surface area contributed by atoms with E-state index in [2.05, 4.69) is 4.98 Å².